The zero-order valence-corrected chi connectivity index (χ0v) is 10.4. The smallest absolute Gasteiger partial charge is 0.406 e. The van der Waals surface area contributed by atoms with E-state index in [1.807, 2.05) is 6.92 Å². The van der Waals surface area contributed by atoms with Crippen molar-refractivity contribution in [3.63, 3.8) is 0 Å². The average Bonchev–Trinajstić information content (AvgIpc) is 2.32. The van der Waals surface area contributed by atoms with Crippen LogP contribution in [0.2, 0.25) is 0 Å². The third kappa shape index (κ3) is 6.10. The van der Waals surface area contributed by atoms with E-state index >= 15 is 0 Å². The minimum absolute atomic E-state index is 0.123. The molecule has 0 saturated heterocycles. The van der Waals surface area contributed by atoms with E-state index in [0.717, 1.165) is 18.7 Å². The molecule has 0 aliphatic heterocycles. The van der Waals surface area contributed by atoms with Gasteiger partial charge in [0, 0.05) is 18.7 Å². The van der Waals surface area contributed by atoms with E-state index in [9.17, 15) is 18.0 Å². The summed E-state index contributed by atoms with van der Waals surface area (Å²) >= 11 is 0. The number of ether oxygens (including phenoxy) is 1. The summed E-state index contributed by atoms with van der Waals surface area (Å²) in [5, 5.41) is 5.59. The Morgan fingerprint density at radius 3 is 2.68 bits per heavy atom. The van der Waals surface area contributed by atoms with Crippen LogP contribution in [0.1, 0.15) is 17.3 Å². The predicted molar refractivity (Wildman–Crippen MR) is 64.0 cm³/mol. The molecular formula is C12H15F3N2O2. The Kier molecular flexibility index (Phi) is 5.62. The Labute approximate surface area is 108 Å². The van der Waals surface area contributed by atoms with Crippen molar-refractivity contribution in [2.45, 2.75) is 13.3 Å². The molecule has 0 aliphatic rings. The number of hydrogen-bond acceptors (Lipinski definition) is 3. The van der Waals surface area contributed by atoms with Gasteiger partial charge in [0.1, 0.15) is 5.75 Å². The highest BCUT2D eigenvalue weighted by molar-refractivity contribution is 5.94. The molecule has 2 N–H and O–H groups in total. The van der Waals surface area contributed by atoms with Crippen LogP contribution in [0.3, 0.4) is 0 Å². The SMILES string of the molecule is CCNCCNC(=O)c1cccc(OC(F)(F)F)c1. The Balaban J connectivity index is 2.58. The normalized spacial score (nSPS) is 11.2. The Hall–Kier alpha value is -1.76. The number of nitrogens with one attached hydrogen (secondary N) is 2. The molecule has 106 valence electrons. The van der Waals surface area contributed by atoms with Crippen LogP contribution in [-0.4, -0.2) is 31.9 Å². The molecule has 19 heavy (non-hydrogen) atoms. The summed E-state index contributed by atoms with van der Waals surface area (Å²) < 4.78 is 39.8. The Morgan fingerprint density at radius 2 is 2.05 bits per heavy atom. The number of carbonyl (C=O) groups is 1. The van der Waals surface area contributed by atoms with Gasteiger partial charge in [-0.05, 0) is 24.7 Å². The number of carbonyl (C=O) groups excluding carboxylic acids is 1. The lowest BCUT2D eigenvalue weighted by Crippen LogP contribution is -2.31. The molecule has 1 amide bonds. The summed E-state index contributed by atoms with van der Waals surface area (Å²) in [5.74, 6) is -0.850. The van der Waals surface area contributed by atoms with E-state index < -0.39 is 18.0 Å². The van der Waals surface area contributed by atoms with Crippen molar-refractivity contribution in [2.24, 2.45) is 0 Å². The molecule has 0 spiro atoms. The summed E-state index contributed by atoms with van der Waals surface area (Å²) in [5.41, 5.74) is 0.123. The maximum Gasteiger partial charge on any atom is 0.573 e. The zero-order valence-electron chi connectivity index (χ0n) is 10.4. The number of rotatable bonds is 6. The summed E-state index contributed by atoms with van der Waals surface area (Å²) in [7, 11) is 0. The highest BCUT2D eigenvalue weighted by atomic mass is 19.4. The molecule has 0 aromatic heterocycles. The van der Waals surface area contributed by atoms with Gasteiger partial charge < -0.3 is 15.4 Å². The standard InChI is InChI=1S/C12H15F3N2O2/c1-2-16-6-7-17-11(18)9-4-3-5-10(8-9)19-12(13,14)15/h3-5,8,16H,2,6-7H2,1H3,(H,17,18). The monoisotopic (exact) mass is 276 g/mol. The number of halogens is 3. The van der Waals surface area contributed by atoms with E-state index in [4.69, 9.17) is 0 Å². The molecule has 0 atom stereocenters. The molecule has 0 radical (unpaired) electrons. The van der Waals surface area contributed by atoms with Crippen LogP contribution < -0.4 is 15.4 Å². The van der Waals surface area contributed by atoms with Gasteiger partial charge in [-0.15, -0.1) is 13.2 Å². The molecule has 0 unspecified atom stereocenters. The van der Waals surface area contributed by atoms with Gasteiger partial charge in [0.2, 0.25) is 0 Å². The van der Waals surface area contributed by atoms with Crippen LogP contribution in [0.25, 0.3) is 0 Å². The second-order valence-corrected chi connectivity index (χ2v) is 3.69. The van der Waals surface area contributed by atoms with Gasteiger partial charge in [-0.1, -0.05) is 13.0 Å². The highest BCUT2D eigenvalue weighted by Gasteiger charge is 2.31. The van der Waals surface area contributed by atoms with Crippen LogP contribution in [0, 0.1) is 0 Å². The van der Waals surface area contributed by atoms with Crippen LogP contribution in [0.5, 0.6) is 5.75 Å². The molecule has 0 aliphatic carbocycles. The van der Waals surface area contributed by atoms with Crippen molar-refractivity contribution < 1.29 is 22.7 Å². The maximum atomic E-state index is 12.0. The molecule has 0 heterocycles. The van der Waals surface area contributed by atoms with Gasteiger partial charge in [0.25, 0.3) is 5.91 Å². The average molecular weight is 276 g/mol. The van der Waals surface area contributed by atoms with E-state index in [0.29, 0.717) is 13.1 Å². The fourth-order valence-corrected chi connectivity index (χ4v) is 1.38. The number of hydrogen-bond donors (Lipinski definition) is 2. The topological polar surface area (TPSA) is 50.4 Å². The number of likely N-dealkylation sites (N-methyl/N-ethyl adjacent to an activating group) is 1. The fourth-order valence-electron chi connectivity index (χ4n) is 1.38. The van der Waals surface area contributed by atoms with Crippen LogP contribution in [0.15, 0.2) is 24.3 Å². The molecule has 4 nitrogen and oxygen atoms in total. The first-order chi connectivity index (χ1) is 8.92. The molecule has 0 fully saturated rings. The minimum atomic E-state index is -4.76. The molecule has 0 saturated carbocycles. The predicted octanol–water partition coefficient (Wildman–Crippen LogP) is 1.92. The van der Waals surface area contributed by atoms with Crippen molar-refractivity contribution in [1.29, 1.82) is 0 Å². The molecular weight excluding hydrogens is 261 g/mol. The van der Waals surface area contributed by atoms with Crippen LogP contribution in [-0.2, 0) is 0 Å². The minimum Gasteiger partial charge on any atom is -0.406 e. The third-order valence-electron chi connectivity index (χ3n) is 2.17. The van der Waals surface area contributed by atoms with Gasteiger partial charge in [0.15, 0.2) is 0 Å². The van der Waals surface area contributed by atoms with E-state index in [2.05, 4.69) is 15.4 Å². The van der Waals surface area contributed by atoms with Gasteiger partial charge in [-0.2, -0.15) is 0 Å². The van der Waals surface area contributed by atoms with Gasteiger partial charge in [-0.25, -0.2) is 0 Å². The zero-order chi connectivity index (χ0) is 14.3. The van der Waals surface area contributed by atoms with Gasteiger partial charge in [0.05, 0.1) is 0 Å². The molecule has 1 rings (SSSR count). The van der Waals surface area contributed by atoms with E-state index in [-0.39, 0.29) is 5.56 Å². The van der Waals surface area contributed by atoms with E-state index in [1.54, 1.807) is 0 Å². The molecule has 7 heteroatoms. The molecule has 1 aromatic carbocycles. The van der Waals surface area contributed by atoms with E-state index in [1.165, 1.54) is 12.1 Å². The van der Waals surface area contributed by atoms with Crippen molar-refractivity contribution in [1.82, 2.24) is 10.6 Å². The molecule has 1 aromatic rings. The lowest BCUT2D eigenvalue weighted by Gasteiger charge is -2.10. The summed E-state index contributed by atoms with van der Waals surface area (Å²) in [4.78, 5) is 11.6. The van der Waals surface area contributed by atoms with Gasteiger partial charge >= 0.3 is 6.36 Å². The summed E-state index contributed by atoms with van der Waals surface area (Å²) in [6, 6.07) is 4.95. The van der Waals surface area contributed by atoms with Crippen molar-refractivity contribution in [2.75, 3.05) is 19.6 Å². The van der Waals surface area contributed by atoms with Crippen molar-refractivity contribution in [3.8, 4) is 5.75 Å². The Bertz CT molecular complexity index is 422. The first-order valence-electron chi connectivity index (χ1n) is 5.77. The number of alkyl halides is 3. The van der Waals surface area contributed by atoms with Crippen molar-refractivity contribution >= 4 is 5.91 Å². The number of amides is 1. The quantitative estimate of drug-likeness (QED) is 0.781. The van der Waals surface area contributed by atoms with Crippen LogP contribution >= 0.6 is 0 Å². The third-order valence-corrected chi connectivity index (χ3v) is 2.17. The second-order valence-electron chi connectivity index (χ2n) is 3.69. The van der Waals surface area contributed by atoms with Crippen LogP contribution in [0.4, 0.5) is 13.2 Å². The Morgan fingerprint density at radius 1 is 1.32 bits per heavy atom. The summed E-state index contributed by atoms with van der Waals surface area (Å²) in [6.45, 7) is 3.71. The molecule has 0 bridgehead atoms. The highest BCUT2D eigenvalue weighted by Crippen LogP contribution is 2.23. The fraction of sp³-hybridized carbons (Fsp3) is 0.417. The first kappa shape index (κ1) is 15.3. The largest absolute Gasteiger partial charge is 0.573 e. The first-order valence-corrected chi connectivity index (χ1v) is 5.77. The number of benzene rings is 1. The summed E-state index contributed by atoms with van der Waals surface area (Å²) in [6.07, 6.45) is -4.76. The van der Waals surface area contributed by atoms with Gasteiger partial charge in [-0.3, -0.25) is 4.79 Å². The lowest BCUT2D eigenvalue weighted by atomic mass is 10.2. The van der Waals surface area contributed by atoms with Crippen molar-refractivity contribution in [3.05, 3.63) is 29.8 Å². The second kappa shape index (κ2) is 6.98. The lowest BCUT2D eigenvalue weighted by molar-refractivity contribution is -0.274. The maximum absolute atomic E-state index is 12.0.